The average molecular weight is 521 g/mol. The number of carbonyl (C=O) groups excluding carboxylic acids is 2. The summed E-state index contributed by atoms with van der Waals surface area (Å²) >= 11 is 1.47. The molecule has 5 heterocycles. The number of methoxy groups -OCH3 is 1. The number of hydrogen-bond donors (Lipinski definition) is 2. The van der Waals surface area contributed by atoms with E-state index in [1.54, 1.807) is 36.3 Å². The minimum Gasteiger partial charge on any atom is -0.383 e. The van der Waals surface area contributed by atoms with Crippen molar-refractivity contribution in [1.29, 1.82) is 0 Å². The zero-order chi connectivity index (χ0) is 25.5. The third-order valence-corrected chi connectivity index (χ3v) is 8.33. The Bertz CT molecular complexity index is 1470. The molecule has 11 nitrogen and oxygen atoms in total. The van der Waals surface area contributed by atoms with Crippen LogP contribution >= 0.6 is 11.3 Å². The molecule has 0 aromatic carbocycles. The van der Waals surface area contributed by atoms with Crippen LogP contribution < -0.4 is 10.6 Å². The summed E-state index contributed by atoms with van der Waals surface area (Å²) < 4.78 is 8.63. The van der Waals surface area contributed by atoms with Crippen LogP contribution in [0.4, 0.5) is 11.4 Å². The number of thiazole rings is 1. The van der Waals surface area contributed by atoms with Gasteiger partial charge in [-0.05, 0) is 31.7 Å². The number of nitrogens with one attached hydrogen (secondary N) is 2. The molecule has 2 unspecified atom stereocenters. The number of fused-ring (bicyclic) bond motifs is 2. The quantitative estimate of drug-likeness (QED) is 0.348. The van der Waals surface area contributed by atoms with Gasteiger partial charge in [-0.3, -0.25) is 24.2 Å². The van der Waals surface area contributed by atoms with Crippen LogP contribution in [0.3, 0.4) is 0 Å². The van der Waals surface area contributed by atoms with E-state index in [0.717, 1.165) is 27.7 Å². The Kier molecular flexibility index (Phi) is 6.22. The molecule has 12 heteroatoms. The van der Waals surface area contributed by atoms with Crippen LogP contribution in [0.2, 0.25) is 0 Å². The fourth-order valence-corrected chi connectivity index (χ4v) is 5.93. The molecule has 0 bridgehead atoms. The van der Waals surface area contributed by atoms with Crippen molar-refractivity contribution in [2.24, 2.45) is 5.92 Å². The molecule has 0 spiro atoms. The fraction of sp³-hybridized carbons (Fsp3) is 0.400. The van der Waals surface area contributed by atoms with Gasteiger partial charge in [-0.15, -0.1) is 11.3 Å². The molecule has 1 aliphatic heterocycles. The maximum atomic E-state index is 13.2. The van der Waals surface area contributed by atoms with Crippen LogP contribution in [0.25, 0.3) is 15.3 Å². The first-order chi connectivity index (χ1) is 18.0. The molecule has 2 amide bonds. The first kappa shape index (κ1) is 23.8. The summed E-state index contributed by atoms with van der Waals surface area (Å²) in [7, 11) is 1.66. The SMILES string of the molecule is COCCn1cc(-c2cn3ncc(C(=O)Nc4cc(NC(=O)CN5CC6CCC65)cnc4C)c3s2)cn1. The number of ether oxygens (including phenoxy) is 1. The lowest BCUT2D eigenvalue weighted by atomic mass is 9.71. The van der Waals surface area contributed by atoms with Gasteiger partial charge in [0.2, 0.25) is 5.91 Å². The summed E-state index contributed by atoms with van der Waals surface area (Å²) in [6.45, 7) is 4.45. The summed E-state index contributed by atoms with van der Waals surface area (Å²) in [6, 6.07) is 2.32. The van der Waals surface area contributed by atoms with Crippen LogP contribution in [0.15, 0.2) is 37.1 Å². The van der Waals surface area contributed by atoms with E-state index in [1.807, 2.05) is 24.0 Å². The van der Waals surface area contributed by atoms with E-state index >= 15 is 0 Å². The van der Waals surface area contributed by atoms with Gasteiger partial charge in [0.05, 0.1) is 65.8 Å². The molecule has 2 fully saturated rings. The summed E-state index contributed by atoms with van der Waals surface area (Å²) in [5.41, 5.74) is 3.17. The minimum atomic E-state index is -0.288. The molecule has 0 radical (unpaired) electrons. The Morgan fingerprint density at radius 2 is 2.05 bits per heavy atom. The highest BCUT2D eigenvalue weighted by Crippen LogP contribution is 2.41. The number of pyridine rings is 1. The topological polar surface area (TPSA) is 119 Å². The van der Waals surface area contributed by atoms with Crippen LogP contribution in [-0.2, 0) is 16.1 Å². The molecule has 4 aromatic heterocycles. The van der Waals surface area contributed by atoms with Gasteiger partial charge in [0.25, 0.3) is 5.91 Å². The van der Waals surface area contributed by atoms with Crippen molar-refractivity contribution < 1.29 is 14.3 Å². The van der Waals surface area contributed by atoms with E-state index in [1.165, 1.54) is 24.2 Å². The minimum absolute atomic E-state index is 0.0664. The Balaban J connectivity index is 1.14. The maximum absolute atomic E-state index is 13.2. The maximum Gasteiger partial charge on any atom is 0.260 e. The summed E-state index contributed by atoms with van der Waals surface area (Å²) in [4.78, 5) is 34.0. The van der Waals surface area contributed by atoms with Gasteiger partial charge in [0, 0.05) is 37.7 Å². The number of aromatic nitrogens is 5. The van der Waals surface area contributed by atoms with Crippen molar-refractivity contribution in [3.63, 3.8) is 0 Å². The molecule has 1 aliphatic carbocycles. The van der Waals surface area contributed by atoms with Crippen LogP contribution in [0.1, 0.15) is 28.9 Å². The zero-order valence-electron chi connectivity index (χ0n) is 20.7. The fourth-order valence-electron chi connectivity index (χ4n) is 4.90. The van der Waals surface area contributed by atoms with Crippen LogP contribution in [0.5, 0.6) is 0 Å². The second-order valence-electron chi connectivity index (χ2n) is 9.58. The first-order valence-corrected chi connectivity index (χ1v) is 13.1. The molecule has 4 aromatic rings. The standard InChI is InChI=1S/C25H28N8O3S/c1-15-20(7-18(9-26-15)29-23(34)14-31-11-16-3-4-21(16)31)30-24(35)19-10-28-33-13-22(37-25(19)33)17-8-27-32(12-17)5-6-36-2/h7-10,12-13,16,21H,3-6,11,14H2,1-2H3,(H,29,34)(H,30,35). The van der Waals surface area contributed by atoms with Gasteiger partial charge in [-0.2, -0.15) is 10.2 Å². The number of rotatable bonds is 9. The first-order valence-electron chi connectivity index (χ1n) is 12.3. The van der Waals surface area contributed by atoms with Gasteiger partial charge in [-0.1, -0.05) is 0 Å². The number of carbonyl (C=O) groups is 2. The molecule has 1 saturated carbocycles. The Labute approximate surface area is 217 Å². The van der Waals surface area contributed by atoms with Crippen molar-refractivity contribution in [2.45, 2.75) is 32.4 Å². The molecule has 2 aliphatic rings. The van der Waals surface area contributed by atoms with E-state index in [2.05, 4.69) is 30.7 Å². The second-order valence-corrected chi connectivity index (χ2v) is 10.6. The highest BCUT2D eigenvalue weighted by atomic mass is 32.1. The molecule has 2 N–H and O–H groups in total. The third kappa shape index (κ3) is 4.63. The lowest BCUT2D eigenvalue weighted by molar-refractivity contribution is -0.125. The van der Waals surface area contributed by atoms with Crippen LogP contribution in [0, 0.1) is 12.8 Å². The number of hydrogen-bond acceptors (Lipinski definition) is 8. The number of piperidine rings is 1. The Morgan fingerprint density at radius 3 is 2.81 bits per heavy atom. The van der Waals surface area contributed by atoms with E-state index in [4.69, 9.17) is 4.74 Å². The summed E-state index contributed by atoms with van der Waals surface area (Å²) in [6.07, 6.45) is 11.3. The predicted octanol–water partition coefficient (Wildman–Crippen LogP) is 2.89. The molecular formula is C25H28N8O3S. The van der Waals surface area contributed by atoms with Gasteiger partial charge in [0.1, 0.15) is 4.83 Å². The number of anilines is 2. The monoisotopic (exact) mass is 520 g/mol. The lowest BCUT2D eigenvalue weighted by Crippen LogP contribution is -2.63. The Hall–Kier alpha value is -3.61. The van der Waals surface area contributed by atoms with Crippen molar-refractivity contribution in [3.8, 4) is 10.4 Å². The molecule has 1 saturated heterocycles. The largest absolute Gasteiger partial charge is 0.383 e. The third-order valence-electron chi connectivity index (χ3n) is 7.16. The molecule has 37 heavy (non-hydrogen) atoms. The van der Waals surface area contributed by atoms with Crippen LogP contribution in [-0.4, -0.2) is 73.9 Å². The normalized spacial score (nSPS) is 18.8. The van der Waals surface area contributed by atoms with E-state index in [0.29, 0.717) is 48.4 Å². The number of likely N-dealkylation sites (tertiary alicyclic amines) is 1. The predicted molar refractivity (Wildman–Crippen MR) is 140 cm³/mol. The smallest absolute Gasteiger partial charge is 0.260 e. The molecule has 6 rings (SSSR count). The summed E-state index contributed by atoms with van der Waals surface area (Å²) in [5.74, 6) is 0.427. The van der Waals surface area contributed by atoms with Gasteiger partial charge >= 0.3 is 0 Å². The zero-order valence-corrected chi connectivity index (χ0v) is 21.5. The lowest BCUT2D eigenvalue weighted by Gasteiger charge is -2.55. The van der Waals surface area contributed by atoms with E-state index in [9.17, 15) is 9.59 Å². The van der Waals surface area contributed by atoms with Gasteiger partial charge in [0.15, 0.2) is 0 Å². The highest BCUT2D eigenvalue weighted by molar-refractivity contribution is 7.21. The average Bonchev–Trinajstić information content (AvgIpc) is 3.58. The van der Waals surface area contributed by atoms with Crippen molar-refractivity contribution in [2.75, 3.05) is 37.4 Å². The van der Waals surface area contributed by atoms with Crippen molar-refractivity contribution in [3.05, 3.63) is 48.3 Å². The second kappa shape index (κ2) is 9.69. The molecule has 2 atom stereocenters. The van der Waals surface area contributed by atoms with Crippen molar-refractivity contribution >= 4 is 39.4 Å². The summed E-state index contributed by atoms with van der Waals surface area (Å²) in [5, 5.41) is 14.6. The van der Waals surface area contributed by atoms with E-state index < -0.39 is 0 Å². The molecule has 192 valence electrons. The highest BCUT2D eigenvalue weighted by Gasteiger charge is 2.45. The van der Waals surface area contributed by atoms with Crippen molar-refractivity contribution in [1.82, 2.24) is 29.3 Å². The van der Waals surface area contributed by atoms with Gasteiger partial charge < -0.3 is 15.4 Å². The number of aryl methyl sites for hydroxylation is 1. The number of amides is 2. The molecular weight excluding hydrogens is 492 g/mol. The van der Waals surface area contributed by atoms with E-state index in [-0.39, 0.29) is 11.8 Å². The van der Waals surface area contributed by atoms with Gasteiger partial charge in [-0.25, -0.2) is 4.52 Å². The number of nitrogens with zero attached hydrogens (tertiary/aromatic N) is 6. The Morgan fingerprint density at radius 1 is 1.16 bits per heavy atom.